The van der Waals surface area contributed by atoms with E-state index in [1.165, 1.54) is 37.8 Å². The third-order valence-electron chi connectivity index (χ3n) is 4.30. The van der Waals surface area contributed by atoms with Gasteiger partial charge in [0.2, 0.25) is 0 Å². The SMILES string of the molecule is CCC1CCCCN1CCCNC(=O)c1ccc(Cl)cc1F. The standard InChI is InChI=1S/C17H24ClFN2O/c1-2-14-6-3-4-10-21(14)11-5-9-20-17(22)15-8-7-13(18)12-16(15)19/h7-8,12,14H,2-6,9-11H2,1H3,(H,20,22). The normalized spacial score (nSPS) is 19.1. The molecule has 1 saturated heterocycles. The molecular weight excluding hydrogens is 303 g/mol. The third kappa shape index (κ3) is 4.68. The van der Waals surface area contributed by atoms with Gasteiger partial charge in [0, 0.05) is 24.2 Å². The van der Waals surface area contributed by atoms with Crippen molar-refractivity contribution >= 4 is 17.5 Å². The Kier molecular flexibility index (Phi) is 6.65. The van der Waals surface area contributed by atoms with Crippen molar-refractivity contribution in [3.8, 4) is 0 Å². The van der Waals surface area contributed by atoms with Gasteiger partial charge in [-0.15, -0.1) is 0 Å². The summed E-state index contributed by atoms with van der Waals surface area (Å²) >= 11 is 5.68. The minimum absolute atomic E-state index is 0.0498. The molecule has 5 heteroatoms. The van der Waals surface area contributed by atoms with Crippen molar-refractivity contribution in [2.24, 2.45) is 0 Å². The molecule has 0 aromatic heterocycles. The Labute approximate surface area is 136 Å². The van der Waals surface area contributed by atoms with Crippen LogP contribution < -0.4 is 5.32 Å². The van der Waals surface area contributed by atoms with Crippen molar-refractivity contribution in [1.29, 1.82) is 0 Å². The fourth-order valence-electron chi connectivity index (χ4n) is 3.07. The van der Waals surface area contributed by atoms with Crippen LogP contribution in [0, 0.1) is 5.82 Å². The van der Waals surface area contributed by atoms with E-state index in [2.05, 4.69) is 17.1 Å². The number of likely N-dealkylation sites (tertiary alicyclic amines) is 1. The van der Waals surface area contributed by atoms with Crippen LogP contribution in [0.4, 0.5) is 4.39 Å². The van der Waals surface area contributed by atoms with Gasteiger partial charge in [0.15, 0.2) is 0 Å². The van der Waals surface area contributed by atoms with E-state index in [-0.39, 0.29) is 11.5 Å². The lowest BCUT2D eigenvalue weighted by Crippen LogP contribution is -2.40. The second kappa shape index (κ2) is 8.49. The molecule has 1 aliphatic heterocycles. The molecule has 1 aliphatic rings. The fraction of sp³-hybridized carbons (Fsp3) is 0.588. The number of carbonyl (C=O) groups is 1. The molecule has 1 fully saturated rings. The minimum atomic E-state index is -0.577. The van der Waals surface area contributed by atoms with Crippen LogP contribution in [0.25, 0.3) is 0 Å². The molecule has 0 saturated carbocycles. The van der Waals surface area contributed by atoms with Crippen molar-refractivity contribution < 1.29 is 9.18 Å². The van der Waals surface area contributed by atoms with Gasteiger partial charge in [-0.05, 0) is 50.4 Å². The summed E-state index contributed by atoms with van der Waals surface area (Å²) in [5.41, 5.74) is 0.0498. The molecule has 122 valence electrons. The largest absolute Gasteiger partial charge is 0.352 e. The highest BCUT2D eigenvalue weighted by Crippen LogP contribution is 2.19. The van der Waals surface area contributed by atoms with Gasteiger partial charge in [0.25, 0.3) is 5.91 Å². The summed E-state index contributed by atoms with van der Waals surface area (Å²) in [4.78, 5) is 14.5. The van der Waals surface area contributed by atoms with Gasteiger partial charge in [0.05, 0.1) is 5.56 Å². The van der Waals surface area contributed by atoms with Gasteiger partial charge in [-0.25, -0.2) is 4.39 Å². The summed E-state index contributed by atoms with van der Waals surface area (Å²) in [6.07, 6.45) is 5.93. The molecule has 3 nitrogen and oxygen atoms in total. The summed E-state index contributed by atoms with van der Waals surface area (Å²) in [5, 5.41) is 3.08. The zero-order valence-corrected chi connectivity index (χ0v) is 13.8. The number of hydrogen-bond acceptors (Lipinski definition) is 2. The predicted octanol–water partition coefficient (Wildman–Crippen LogP) is 3.86. The van der Waals surface area contributed by atoms with E-state index in [1.807, 2.05) is 0 Å². The highest BCUT2D eigenvalue weighted by Gasteiger charge is 2.20. The van der Waals surface area contributed by atoms with E-state index in [4.69, 9.17) is 11.6 Å². The quantitative estimate of drug-likeness (QED) is 0.805. The van der Waals surface area contributed by atoms with Crippen LogP contribution >= 0.6 is 11.6 Å². The Balaban J connectivity index is 1.75. The van der Waals surface area contributed by atoms with Crippen LogP contribution in [0.1, 0.15) is 49.4 Å². The van der Waals surface area contributed by atoms with Gasteiger partial charge >= 0.3 is 0 Å². The van der Waals surface area contributed by atoms with Crippen LogP contribution in [-0.2, 0) is 0 Å². The lowest BCUT2D eigenvalue weighted by Gasteiger charge is -2.35. The van der Waals surface area contributed by atoms with Crippen LogP contribution in [0.3, 0.4) is 0 Å². The minimum Gasteiger partial charge on any atom is -0.352 e. The van der Waals surface area contributed by atoms with E-state index < -0.39 is 5.82 Å². The maximum Gasteiger partial charge on any atom is 0.254 e. The smallest absolute Gasteiger partial charge is 0.254 e. The molecule has 1 atom stereocenters. The van der Waals surface area contributed by atoms with Gasteiger partial charge < -0.3 is 10.2 Å². The van der Waals surface area contributed by atoms with Crippen molar-refractivity contribution in [1.82, 2.24) is 10.2 Å². The molecule has 2 rings (SSSR count). The Morgan fingerprint density at radius 1 is 1.45 bits per heavy atom. The average Bonchev–Trinajstić information content (AvgIpc) is 2.51. The van der Waals surface area contributed by atoms with E-state index >= 15 is 0 Å². The summed E-state index contributed by atoms with van der Waals surface area (Å²) in [6.45, 7) is 4.93. The Morgan fingerprint density at radius 3 is 3.00 bits per heavy atom. The predicted molar refractivity (Wildman–Crippen MR) is 87.9 cm³/mol. The van der Waals surface area contributed by atoms with E-state index in [9.17, 15) is 9.18 Å². The first kappa shape index (κ1) is 17.2. The van der Waals surface area contributed by atoms with Gasteiger partial charge in [0.1, 0.15) is 5.82 Å². The van der Waals surface area contributed by atoms with Gasteiger partial charge in [-0.1, -0.05) is 24.9 Å². The molecule has 1 aromatic carbocycles. The second-order valence-corrected chi connectivity index (χ2v) is 6.26. The zero-order chi connectivity index (χ0) is 15.9. The van der Waals surface area contributed by atoms with E-state index in [0.29, 0.717) is 17.6 Å². The number of rotatable bonds is 6. The van der Waals surface area contributed by atoms with Crippen LogP contribution in [0.15, 0.2) is 18.2 Å². The molecule has 1 amide bonds. The summed E-state index contributed by atoms with van der Waals surface area (Å²) in [7, 11) is 0. The Bertz CT molecular complexity index is 509. The number of amides is 1. The average molecular weight is 327 g/mol. The van der Waals surface area contributed by atoms with Crippen molar-refractivity contribution in [3.63, 3.8) is 0 Å². The fourth-order valence-corrected chi connectivity index (χ4v) is 3.23. The zero-order valence-electron chi connectivity index (χ0n) is 13.1. The Morgan fingerprint density at radius 2 is 2.27 bits per heavy atom. The van der Waals surface area contributed by atoms with Gasteiger partial charge in [-0.3, -0.25) is 4.79 Å². The molecule has 1 heterocycles. The van der Waals surface area contributed by atoms with Crippen molar-refractivity contribution in [2.75, 3.05) is 19.6 Å². The molecule has 1 unspecified atom stereocenters. The lowest BCUT2D eigenvalue weighted by atomic mass is 10.00. The first-order valence-corrected chi connectivity index (χ1v) is 8.47. The molecule has 22 heavy (non-hydrogen) atoms. The van der Waals surface area contributed by atoms with E-state index in [0.717, 1.165) is 25.6 Å². The molecule has 0 bridgehead atoms. The number of benzene rings is 1. The maximum atomic E-state index is 13.6. The highest BCUT2D eigenvalue weighted by molar-refractivity contribution is 6.30. The molecule has 1 aromatic rings. The first-order chi connectivity index (χ1) is 10.6. The Hall–Kier alpha value is -1.13. The highest BCUT2D eigenvalue weighted by atomic mass is 35.5. The topological polar surface area (TPSA) is 32.3 Å². The molecule has 1 N–H and O–H groups in total. The molecular formula is C17H24ClFN2O. The van der Waals surface area contributed by atoms with Crippen molar-refractivity contribution in [3.05, 3.63) is 34.6 Å². The molecule has 0 aliphatic carbocycles. The number of piperidine rings is 1. The molecule has 0 spiro atoms. The number of hydrogen-bond donors (Lipinski definition) is 1. The second-order valence-electron chi connectivity index (χ2n) is 5.83. The van der Waals surface area contributed by atoms with Crippen LogP contribution in [0.5, 0.6) is 0 Å². The number of halogens is 2. The third-order valence-corrected chi connectivity index (χ3v) is 4.54. The number of carbonyl (C=O) groups excluding carboxylic acids is 1. The molecule has 0 radical (unpaired) electrons. The first-order valence-electron chi connectivity index (χ1n) is 8.09. The number of nitrogens with one attached hydrogen (secondary N) is 1. The van der Waals surface area contributed by atoms with Crippen LogP contribution in [0.2, 0.25) is 5.02 Å². The maximum absolute atomic E-state index is 13.6. The van der Waals surface area contributed by atoms with Crippen LogP contribution in [-0.4, -0.2) is 36.5 Å². The summed E-state index contributed by atoms with van der Waals surface area (Å²) in [5.74, 6) is -0.952. The lowest BCUT2D eigenvalue weighted by molar-refractivity contribution is 0.0943. The summed E-state index contributed by atoms with van der Waals surface area (Å²) < 4.78 is 13.6. The van der Waals surface area contributed by atoms with Gasteiger partial charge in [-0.2, -0.15) is 0 Å². The summed E-state index contributed by atoms with van der Waals surface area (Å²) in [6, 6.07) is 4.79. The number of nitrogens with zero attached hydrogens (tertiary/aromatic N) is 1. The monoisotopic (exact) mass is 326 g/mol. The van der Waals surface area contributed by atoms with E-state index in [1.54, 1.807) is 0 Å². The van der Waals surface area contributed by atoms with Crippen molar-refractivity contribution in [2.45, 2.75) is 45.1 Å².